The molecule has 18 heavy (non-hydrogen) atoms. The van der Waals surface area contributed by atoms with Crippen LogP contribution in [-0.4, -0.2) is 10.9 Å². The van der Waals surface area contributed by atoms with Crippen molar-refractivity contribution in [2.45, 2.75) is 6.92 Å². The van der Waals surface area contributed by atoms with Gasteiger partial charge in [-0.15, -0.1) is 0 Å². The van der Waals surface area contributed by atoms with Crippen molar-refractivity contribution in [3.05, 3.63) is 57.7 Å². The Labute approximate surface area is 115 Å². The fraction of sp³-hybridized carbons (Fsp3) is 0.0769. The van der Waals surface area contributed by atoms with Gasteiger partial charge in [-0.25, -0.2) is 4.98 Å². The van der Waals surface area contributed by atoms with Gasteiger partial charge in [0, 0.05) is 21.8 Å². The lowest BCUT2D eigenvalue weighted by Gasteiger charge is -2.07. The monoisotopic (exact) mass is 280 g/mol. The number of nitrogens with zero attached hydrogens (tertiary/aromatic N) is 1. The Balaban J connectivity index is 2.25. The molecule has 0 unspecified atom stereocenters. The molecule has 0 fully saturated rings. The van der Waals surface area contributed by atoms with Crippen LogP contribution in [0.3, 0.4) is 0 Å². The maximum atomic E-state index is 12.0. The van der Waals surface area contributed by atoms with Crippen LogP contribution in [-0.2, 0) is 0 Å². The third-order valence-electron chi connectivity index (χ3n) is 2.37. The number of carbonyl (C=O) groups excluding carboxylic acids is 1. The van der Waals surface area contributed by atoms with E-state index in [1.165, 1.54) is 0 Å². The second-order valence-electron chi connectivity index (χ2n) is 3.78. The lowest BCUT2D eigenvalue weighted by Crippen LogP contribution is -2.13. The van der Waals surface area contributed by atoms with Gasteiger partial charge in [0.2, 0.25) is 0 Å². The molecule has 0 atom stereocenters. The molecular formula is C13H10Cl2N2O. The molecule has 1 N–H and O–H groups in total. The van der Waals surface area contributed by atoms with Gasteiger partial charge >= 0.3 is 0 Å². The van der Waals surface area contributed by atoms with Crippen molar-refractivity contribution >= 4 is 34.9 Å². The lowest BCUT2D eigenvalue weighted by atomic mass is 10.2. The number of pyridine rings is 1. The van der Waals surface area contributed by atoms with Crippen molar-refractivity contribution in [1.29, 1.82) is 0 Å². The van der Waals surface area contributed by atoms with Gasteiger partial charge in [0.05, 0.1) is 0 Å². The molecule has 0 radical (unpaired) electrons. The van der Waals surface area contributed by atoms with Crippen molar-refractivity contribution in [2.24, 2.45) is 0 Å². The molecule has 1 heterocycles. The molecule has 0 saturated heterocycles. The van der Waals surface area contributed by atoms with Gasteiger partial charge in [-0.1, -0.05) is 29.3 Å². The van der Waals surface area contributed by atoms with E-state index in [9.17, 15) is 4.79 Å². The van der Waals surface area contributed by atoms with E-state index in [0.29, 0.717) is 21.4 Å². The highest BCUT2D eigenvalue weighted by Gasteiger charge is 2.10. The summed E-state index contributed by atoms with van der Waals surface area (Å²) >= 11 is 11.7. The van der Waals surface area contributed by atoms with Crippen LogP contribution in [0.4, 0.5) is 5.82 Å². The minimum absolute atomic E-state index is 0.291. The van der Waals surface area contributed by atoms with Gasteiger partial charge in [0.25, 0.3) is 5.91 Å². The highest BCUT2D eigenvalue weighted by molar-refractivity contribution is 6.35. The molecule has 1 amide bonds. The van der Waals surface area contributed by atoms with E-state index in [1.807, 2.05) is 13.0 Å². The summed E-state index contributed by atoms with van der Waals surface area (Å²) in [4.78, 5) is 16.1. The molecule has 3 nitrogen and oxygen atoms in total. The molecule has 0 aliphatic carbocycles. The van der Waals surface area contributed by atoms with Crippen LogP contribution in [0.1, 0.15) is 15.9 Å². The van der Waals surface area contributed by atoms with E-state index < -0.39 is 0 Å². The van der Waals surface area contributed by atoms with Crippen LogP contribution in [0, 0.1) is 6.92 Å². The van der Waals surface area contributed by atoms with Gasteiger partial charge < -0.3 is 5.32 Å². The molecule has 1 aromatic heterocycles. The number of aryl methyl sites for hydroxylation is 1. The van der Waals surface area contributed by atoms with E-state index in [1.54, 1.807) is 30.5 Å². The molecule has 2 rings (SSSR count). The SMILES string of the molecule is Cc1cccnc1NC(=O)c1cc(Cl)cc(Cl)c1. The normalized spacial score (nSPS) is 10.2. The fourth-order valence-electron chi connectivity index (χ4n) is 1.48. The molecule has 1 aromatic carbocycles. The molecule has 2 aromatic rings. The summed E-state index contributed by atoms with van der Waals surface area (Å²) in [6, 6.07) is 8.36. The van der Waals surface area contributed by atoms with Crippen molar-refractivity contribution in [3.63, 3.8) is 0 Å². The first-order chi connectivity index (χ1) is 8.56. The van der Waals surface area contributed by atoms with Crippen molar-refractivity contribution < 1.29 is 4.79 Å². The predicted molar refractivity (Wildman–Crippen MR) is 73.4 cm³/mol. The number of halogens is 2. The first-order valence-electron chi connectivity index (χ1n) is 5.25. The topological polar surface area (TPSA) is 42.0 Å². The summed E-state index contributed by atoms with van der Waals surface area (Å²) in [6.07, 6.45) is 1.62. The van der Waals surface area contributed by atoms with Gasteiger partial charge in [0.1, 0.15) is 5.82 Å². The summed E-state index contributed by atoms with van der Waals surface area (Å²) in [7, 11) is 0. The minimum atomic E-state index is -0.291. The number of hydrogen-bond donors (Lipinski definition) is 1. The van der Waals surface area contributed by atoms with Gasteiger partial charge in [0.15, 0.2) is 0 Å². The van der Waals surface area contributed by atoms with Crippen LogP contribution in [0.25, 0.3) is 0 Å². The van der Waals surface area contributed by atoms with Crippen molar-refractivity contribution in [1.82, 2.24) is 4.98 Å². The predicted octanol–water partition coefficient (Wildman–Crippen LogP) is 3.95. The summed E-state index contributed by atoms with van der Waals surface area (Å²) in [5.41, 5.74) is 1.29. The fourth-order valence-corrected chi connectivity index (χ4v) is 2.01. The largest absolute Gasteiger partial charge is 0.306 e. The second-order valence-corrected chi connectivity index (χ2v) is 4.65. The van der Waals surface area contributed by atoms with Crippen molar-refractivity contribution in [2.75, 3.05) is 5.32 Å². The molecular weight excluding hydrogens is 271 g/mol. The molecule has 0 aliphatic rings. The smallest absolute Gasteiger partial charge is 0.256 e. The highest BCUT2D eigenvalue weighted by atomic mass is 35.5. The van der Waals surface area contributed by atoms with Crippen LogP contribution >= 0.6 is 23.2 Å². The average molecular weight is 281 g/mol. The Morgan fingerprint density at radius 3 is 2.50 bits per heavy atom. The molecule has 0 bridgehead atoms. The Morgan fingerprint density at radius 1 is 1.22 bits per heavy atom. The van der Waals surface area contributed by atoms with Crippen LogP contribution in [0.2, 0.25) is 10.0 Å². The maximum Gasteiger partial charge on any atom is 0.256 e. The van der Waals surface area contributed by atoms with Gasteiger partial charge in [-0.3, -0.25) is 4.79 Å². The summed E-state index contributed by atoms with van der Waals surface area (Å²) in [5, 5.41) is 3.56. The number of rotatable bonds is 2. The van der Waals surface area contributed by atoms with E-state index in [2.05, 4.69) is 10.3 Å². The zero-order valence-corrected chi connectivity index (χ0v) is 11.1. The maximum absolute atomic E-state index is 12.0. The highest BCUT2D eigenvalue weighted by Crippen LogP contribution is 2.20. The van der Waals surface area contributed by atoms with Crippen LogP contribution in [0.15, 0.2) is 36.5 Å². The molecule has 0 spiro atoms. The summed E-state index contributed by atoms with van der Waals surface area (Å²) < 4.78 is 0. The minimum Gasteiger partial charge on any atom is -0.306 e. The van der Waals surface area contributed by atoms with Gasteiger partial charge in [-0.05, 0) is 36.8 Å². The number of hydrogen-bond acceptors (Lipinski definition) is 2. The van der Waals surface area contributed by atoms with Gasteiger partial charge in [-0.2, -0.15) is 0 Å². The Morgan fingerprint density at radius 2 is 1.89 bits per heavy atom. The number of benzene rings is 1. The van der Waals surface area contributed by atoms with Crippen LogP contribution in [0.5, 0.6) is 0 Å². The number of carbonyl (C=O) groups is 1. The molecule has 5 heteroatoms. The first kappa shape index (κ1) is 12.9. The zero-order valence-electron chi connectivity index (χ0n) is 9.58. The molecule has 0 aliphatic heterocycles. The Hall–Kier alpha value is -1.58. The van der Waals surface area contributed by atoms with E-state index in [0.717, 1.165) is 5.56 Å². The summed E-state index contributed by atoms with van der Waals surface area (Å²) in [6.45, 7) is 1.87. The lowest BCUT2D eigenvalue weighted by molar-refractivity contribution is 0.102. The summed E-state index contributed by atoms with van der Waals surface area (Å²) in [5.74, 6) is 0.236. The standard InChI is InChI=1S/C13H10Cl2N2O/c1-8-3-2-4-16-12(8)17-13(18)9-5-10(14)7-11(15)6-9/h2-7H,1H3,(H,16,17,18). The average Bonchev–Trinajstić information content (AvgIpc) is 2.31. The number of aromatic nitrogens is 1. The van der Waals surface area contributed by atoms with Crippen LogP contribution < -0.4 is 5.32 Å². The third kappa shape index (κ3) is 3.00. The zero-order chi connectivity index (χ0) is 13.1. The van der Waals surface area contributed by atoms with E-state index in [-0.39, 0.29) is 5.91 Å². The Kier molecular flexibility index (Phi) is 3.84. The quantitative estimate of drug-likeness (QED) is 0.905. The Bertz CT molecular complexity index is 579. The van der Waals surface area contributed by atoms with E-state index in [4.69, 9.17) is 23.2 Å². The number of anilines is 1. The number of amides is 1. The first-order valence-corrected chi connectivity index (χ1v) is 6.01. The molecule has 92 valence electrons. The third-order valence-corrected chi connectivity index (χ3v) is 2.80. The number of nitrogens with one attached hydrogen (secondary N) is 1. The molecule has 0 saturated carbocycles. The van der Waals surface area contributed by atoms with E-state index >= 15 is 0 Å². The second kappa shape index (κ2) is 5.38. The van der Waals surface area contributed by atoms with Crippen molar-refractivity contribution in [3.8, 4) is 0 Å².